The highest BCUT2D eigenvalue weighted by Crippen LogP contribution is 2.20. The van der Waals surface area contributed by atoms with Gasteiger partial charge in [0, 0.05) is 56.2 Å². The predicted octanol–water partition coefficient (Wildman–Crippen LogP) is 3.02. The number of hydrogen-bond acceptors (Lipinski definition) is 3. The third-order valence-corrected chi connectivity index (χ3v) is 4.40. The molecule has 1 aliphatic heterocycles. The molecule has 2 rings (SSSR count). The first-order valence-electron chi connectivity index (χ1n) is 7.19. The number of halogens is 2. The molecule has 0 bridgehead atoms. The lowest BCUT2D eigenvalue weighted by atomic mass is 10.2. The van der Waals surface area contributed by atoms with Crippen LogP contribution >= 0.6 is 47.3 Å². The van der Waals surface area contributed by atoms with E-state index in [0.29, 0.717) is 0 Å². The number of piperazine rings is 1. The van der Waals surface area contributed by atoms with Gasteiger partial charge in [-0.25, -0.2) is 0 Å². The molecule has 1 aromatic rings. The van der Waals surface area contributed by atoms with E-state index in [4.69, 9.17) is 11.6 Å². The SMILES string of the molecule is CN=C(NCCSC)N1CCN(c2cccc(Cl)c2)CC1.I. The average Bonchev–Trinajstić information content (AvgIpc) is 2.52. The smallest absolute Gasteiger partial charge is 0.193 e. The summed E-state index contributed by atoms with van der Waals surface area (Å²) in [5, 5.41) is 4.22. The molecular formula is C15H24ClIN4S. The number of thioether (sulfide) groups is 1. The van der Waals surface area contributed by atoms with Gasteiger partial charge in [0.2, 0.25) is 0 Å². The van der Waals surface area contributed by atoms with E-state index in [2.05, 4.69) is 32.4 Å². The third-order valence-electron chi connectivity index (χ3n) is 3.55. The van der Waals surface area contributed by atoms with Crippen LogP contribution in [0.1, 0.15) is 0 Å². The minimum absolute atomic E-state index is 0. The number of aliphatic imine (C=N–C) groups is 1. The van der Waals surface area contributed by atoms with Crippen LogP contribution in [0.4, 0.5) is 5.69 Å². The molecule has 1 aliphatic rings. The van der Waals surface area contributed by atoms with Gasteiger partial charge in [0.15, 0.2) is 5.96 Å². The molecule has 1 N–H and O–H groups in total. The van der Waals surface area contributed by atoms with E-state index >= 15 is 0 Å². The van der Waals surface area contributed by atoms with Crippen LogP contribution < -0.4 is 10.2 Å². The summed E-state index contributed by atoms with van der Waals surface area (Å²) >= 11 is 7.91. The Morgan fingerprint density at radius 2 is 2.05 bits per heavy atom. The first-order valence-corrected chi connectivity index (χ1v) is 8.97. The molecule has 1 saturated heterocycles. The standard InChI is InChI=1S/C15H23ClN4S.HI/c1-17-15(18-6-11-21-2)20-9-7-19(8-10-20)14-5-3-4-13(16)12-14;/h3-5,12H,6-11H2,1-2H3,(H,17,18);1H. The van der Waals surface area contributed by atoms with Gasteiger partial charge in [0.05, 0.1) is 0 Å². The number of hydrogen-bond donors (Lipinski definition) is 1. The zero-order valence-electron chi connectivity index (χ0n) is 13.1. The average molecular weight is 455 g/mol. The van der Waals surface area contributed by atoms with Gasteiger partial charge in [-0.05, 0) is 24.5 Å². The van der Waals surface area contributed by atoms with Crippen LogP contribution in [0.15, 0.2) is 29.3 Å². The maximum absolute atomic E-state index is 6.07. The minimum Gasteiger partial charge on any atom is -0.368 e. The predicted molar refractivity (Wildman–Crippen MR) is 110 cm³/mol. The number of benzene rings is 1. The van der Waals surface area contributed by atoms with Gasteiger partial charge in [0.1, 0.15) is 0 Å². The first-order chi connectivity index (χ1) is 10.2. The number of nitrogens with one attached hydrogen (secondary N) is 1. The van der Waals surface area contributed by atoms with Gasteiger partial charge in [-0.1, -0.05) is 17.7 Å². The fourth-order valence-electron chi connectivity index (χ4n) is 2.45. The molecule has 0 atom stereocenters. The van der Waals surface area contributed by atoms with Crippen molar-refractivity contribution in [3.05, 3.63) is 29.3 Å². The first kappa shape index (κ1) is 19.7. The van der Waals surface area contributed by atoms with Crippen molar-refractivity contribution in [2.24, 2.45) is 4.99 Å². The molecule has 0 unspecified atom stereocenters. The highest BCUT2D eigenvalue weighted by atomic mass is 127. The van der Waals surface area contributed by atoms with E-state index < -0.39 is 0 Å². The third kappa shape index (κ3) is 5.70. The summed E-state index contributed by atoms with van der Waals surface area (Å²) in [6, 6.07) is 8.07. The highest BCUT2D eigenvalue weighted by Gasteiger charge is 2.19. The van der Waals surface area contributed by atoms with Gasteiger partial charge < -0.3 is 15.1 Å². The fourth-order valence-corrected chi connectivity index (χ4v) is 2.94. The van der Waals surface area contributed by atoms with Crippen molar-refractivity contribution >= 4 is 59.0 Å². The number of rotatable bonds is 4. The van der Waals surface area contributed by atoms with Crippen LogP contribution in [-0.2, 0) is 0 Å². The van der Waals surface area contributed by atoms with Gasteiger partial charge in [-0.15, -0.1) is 24.0 Å². The van der Waals surface area contributed by atoms with Crippen LogP contribution in [0.2, 0.25) is 5.02 Å². The Morgan fingerprint density at radius 3 is 2.64 bits per heavy atom. The van der Waals surface area contributed by atoms with E-state index in [1.54, 1.807) is 0 Å². The Bertz CT molecular complexity index is 478. The lowest BCUT2D eigenvalue weighted by molar-refractivity contribution is 0.373. The van der Waals surface area contributed by atoms with E-state index in [1.165, 1.54) is 5.69 Å². The summed E-state index contributed by atoms with van der Waals surface area (Å²) in [7, 11) is 1.85. The minimum atomic E-state index is 0. The number of nitrogens with zero attached hydrogens (tertiary/aromatic N) is 3. The van der Waals surface area contributed by atoms with Crippen molar-refractivity contribution in [2.75, 3.05) is 56.7 Å². The quantitative estimate of drug-likeness (QED) is 0.328. The Morgan fingerprint density at radius 1 is 1.32 bits per heavy atom. The molecule has 1 fully saturated rings. The summed E-state index contributed by atoms with van der Waals surface area (Å²) in [4.78, 5) is 9.07. The lowest BCUT2D eigenvalue weighted by Gasteiger charge is -2.37. The Balaban J connectivity index is 0.00000242. The molecule has 4 nitrogen and oxygen atoms in total. The van der Waals surface area contributed by atoms with Gasteiger partial charge in [0.25, 0.3) is 0 Å². The second-order valence-electron chi connectivity index (χ2n) is 4.92. The molecule has 1 aromatic carbocycles. The van der Waals surface area contributed by atoms with Crippen molar-refractivity contribution < 1.29 is 0 Å². The van der Waals surface area contributed by atoms with Crippen molar-refractivity contribution in [2.45, 2.75) is 0 Å². The molecular weight excluding hydrogens is 431 g/mol. The highest BCUT2D eigenvalue weighted by molar-refractivity contribution is 14.0. The number of anilines is 1. The summed E-state index contributed by atoms with van der Waals surface area (Å²) in [5.41, 5.74) is 1.20. The molecule has 1 heterocycles. The molecule has 0 aliphatic carbocycles. The Kier molecular flexibility index (Phi) is 9.35. The zero-order chi connectivity index (χ0) is 15.1. The molecule has 0 saturated carbocycles. The molecule has 0 aromatic heterocycles. The maximum Gasteiger partial charge on any atom is 0.193 e. The molecule has 124 valence electrons. The second-order valence-corrected chi connectivity index (χ2v) is 6.34. The summed E-state index contributed by atoms with van der Waals surface area (Å²) in [5.74, 6) is 2.11. The van der Waals surface area contributed by atoms with Crippen LogP contribution in [0.25, 0.3) is 0 Å². The zero-order valence-corrected chi connectivity index (χ0v) is 17.0. The van der Waals surface area contributed by atoms with E-state index in [-0.39, 0.29) is 24.0 Å². The maximum atomic E-state index is 6.07. The summed E-state index contributed by atoms with van der Waals surface area (Å²) < 4.78 is 0. The molecule has 22 heavy (non-hydrogen) atoms. The van der Waals surface area contributed by atoms with Crippen LogP contribution in [0.5, 0.6) is 0 Å². The van der Waals surface area contributed by atoms with E-state index in [0.717, 1.165) is 49.5 Å². The van der Waals surface area contributed by atoms with E-state index in [9.17, 15) is 0 Å². The number of guanidine groups is 1. The monoisotopic (exact) mass is 454 g/mol. The van der Waals surface area contributed by atoms with Crippen molar-refractivity contribution in [3.8, 4) is 0 Å². The normalized spacial score (nSPS) is 15.5. The van der Waals surface area contributed by atoms with Crippen molar-refractivity contribution in [1.29, 1.82) is 0 Å². The van der Waals surface area contributed by atoms with E-state index in [1.807, 2.05) is 37.0 Å². The van der Waals surface area contributed by atoms with Crippen LogP contribution in [0.3, 0.4) is 0 Å². The molecule has 0 spiro atoms. The Hall–Kier alpha value is -0.340. The van der Waals surface area contributed by atoms with Crippen molar-refractivity contribution in [3.63, 3.8) is 0 Å². The van der Waals surface area contributed by atoms with Gasteiger partial charge >= 0.3 is 0 Å². The van der Waals surface area contributed by atoms with Gasteiger partial charge in [-0.2, -0.15) is 11.8 Å². The summed E-state index contributed by atoms with van der Waals surface area (Å²) in [6.45, 7) is 4.90. The van der Waals surface area contributed by atoms with Crippen LogP contribution in [-0.4, -0.2) is 62.6 Å². The lowest BCUT2D eigenvalue weighted by Crippen LogP contribution is -2.52. The summed E-state index contributed by atoms with van der Waals surface area (Å²) in [6.07, 6.45) is 2.12. The van der Waals surface area contributed by atoms with Gasteiger partial charge in [-0.3, -0.25) is 4.99 Å². The molecule has 0 amide bonds. The second kappa shape index (κ2) is 10.4. The van der Waals surface area contributed by atoms with Crippen molar-refractivity contribution in [1.82, 2.24) is 10.2 Å². The Labute approximate surface area is 159 Å². The topological polar surface area (TPSA) is 30.9 Å². The fraction of sp³-hybridized carbons (Fsp3) is 0.533. The molecule has 0 radical (unpaired) electrons. The molecule has 7 heteroatoms. The largest absolute Gasteiger partial charge is 0.368 e. The van der Waals surface area contributed by atoms with Crippen LogP contribution in [0, 0.1) is 0 Å².